The summed E-state index contributed by atoms with van der Waals surface area (Å²) in [4.78, 5) is 14.3. The summed E-state index contributed by atoms with van der Waals surface area (Å²) >= 11 is 15.3. The third-order valence-electron chi connectivity index (χ3n) is 3.86. The minimum atomic E-state index is -3.33. The summed E-state index contributed by atoms with van der Waals surface area (Å²) < 4.78 is 30.0. The highest BCUT2D eigenvalue weighted by Gasteiger charge is 2.31. The van der Waals surface area contributed by atoms with Crippen molar-refractivity contribution in [3.8, 4) is 5.75 Å². The average molecular weight is 491 g/mol. The largest absolute Gasteiger partial charge is 0.482 e. The number of amides is 1. The number of carbonyl (C=O) groups excluding carboxylic acids is 1. The van der Waals surface area contributed by atoms with E-state index in [2.05, 4.69) is 15.9 Å². The molecule has 1 atom stereocenters. The van der Waals surface area contributed by atoms with Crippen LogP contribution in [-0.2, 0) is 14.6 Å². The molecule has 9 heteroatoms. The fraction of sp³-hybridized carbons (Fsp3) is 0.167. The highest BCUT2D eigenvalue weighted by Crippen LogP contribution is 2.28. The van der Waals surface area contributed by atoms with Gasteiger partial charge in [0.25, 0.3) is 5.91 Å². The summed E-state index contributed by atoms with van der Waals surface area (Å²) in [6.07, 6.45) is 1.50. The van der Waals surface area contributed by atoms with Gasteiger partial charge in [-0.05, 0) is 48.5 Å². The molecule has 3 rings (SSSR count). The van der Waals surface area contributed by atoms with Gasteiger partial charge in [-0.2, -0.15) is 0 Å². The number of ether oxygens (including phenoxy) is 1. The van der Waals surface area contributed by atoms with Crippen LogP contribution in [-0.4, -0.2) is 32.7 Å². The van der Waals surface area contributed by atoms with Gasteiger partial charge in [0.1, 0.15) is 5.75 Å². The fourth-order valence-electron chi connectivity index (χ4n) is 2.64. The first-order chi connectivity index (χ1) is 12.7. The Morgan fingerprint density at radius 1 is 1.19 bits per heavy atom. The minimum Gasteiger partial charge on any atom is -0.482 e. The predicted octanol–water partition coefficient (Wildman–Crippen LogP) is 4.48. The average Bonchev–Trinajstić information content (AvgIpc) is 2.95. The third kappa shape index (κ3) is 5.04. The van der Waals surface area contributed by atoms with Crippen molar-refractivity contribution in [2.45, 2.75) is 6.04 Å². The highest BCUT2D eigenvalue weighted by atomic mass is 79.9. The molecule has 1 amide bonds. The number of carbonyl (C=O) groups is 1. The summed E-state index contributed by atoms with van der Waals surface area (Å²) in [5.41, 5.74) is 0.570. The van der Waals surface area contributed by atoms with Gasteiger partial charge in [0.15, 0.2) is 16.4 Å². The maximum Gasteiger partial charge on any atom is 0.265 e. The van der Waals surface area contributed by atoms with Crippen molar-refractivity contribution < 1.29 is 17.9 Å². The van der Waals surface area contributed by atoms with Crippen LogP contribution < -0.4 is 9.64 Å². The zero-order valence-corrected chi connectivity index (χ0v) is 17.7. The second-order valence-corrected chi connectivity index (χ2v) is 9.52. The SMILES string of the molecule is O=C(COc1ccc(Cl)cc1Cl)N(c1ccc(Br)cc1)C1C=CS(=O)(=O)C1. The van der Waals surface area contributed by atoms with E-state index in [0.29, 0.717) is 16.5 Å². The van der Waals surface area contributed by atoms with Crippen LogP contribution in [0.5, 0.6) is 5.75 Å². The van der Waals surface area contributed by atoms with E-state index in [1.54, 1.807) is 36.4 Å². The Morgan fingerprint density at radius 3 is 2.48 bits per heavy atom. The van der Waals surface area contributed by atoms with Gasteiger partial charge in [0.2, 0.25) is 0 Å². The Labute approximate surface area is 175 Å². The maximum absolute atomic E-state index is 12.9. The number of halogens is 3. The molecule has 0 bridgehead atoms. The second-order valence-electron chi connectivity index (χ2n) is 5.83. The van der Waals surface area contributed by atoms with Gasteiger partial charge in [-0.1, -0.05) is 39.1 Å². The van der Waals surface area contributed by atoms with Gasteiger partial charge in [-0.25, -0.2) is 8.42 Å². The lowest BCUT2D eigenvalue weighted by Crippen LogP contribution is -2.43. The molecule has 142 valence electrons. The molecule has 0 spiro atoms. The van der Waals surface area contributed by atoms with Crippen LogP contribution in [0, 0.1) is 0 Å². The van der Waals surface area contributed by atoms with Crippen LogP contribution in [0.1, 0.15) is 0 Å². The molecule has 1 aliphatic rings. The van der Waals surface area contributed by atoms with Gasteiger partial charge in [-0.3, -0.25) is 4.79 Å². The van der Waals surface area contributed by atoms with E-state index in [1.807, 2.05) is 0 Å². The van der Waals surface area contributed by atoms with E-state index in [1.165, 1.54) is 17.0 Å². The molecule has 2 aromatic carbocycles. The van der Waals surface area contributed by atoms with Crippen LogP contribution >= 0.6 is 39.1 Å². The zero-order chi connectivity index (χ0) is 19.6. The molecular weight excluding hydrogens is 477 g/mol. The lowest BCUT2D eigenvalue weighted by molar-refractivity contribution is -0.120. The Hall–Kier alpha value is -1.54. The van der Waals surface area contributed by atoms with Gasteiger partial charge in [-0.15, -0.1) is 0 Å². The molecule has 1 unspecified atom stereocenters. The van der Waals surface area contributed by atoms with E-state index in [9.17, 15) is 13.2 Å². The van der Waals surface area contributed by atoms with Crippen molar-refractivity contribution >= 4 is 60.6 Å². The summed E-state index contributed by atoms with van der Waals surface area (Å²) in [5, 5.41) is 1.87. The van der Waals surface area contributed by atoms with Crippen molar-refractivity contribution in [1.82, 2.24) is 0 Å². The molecule has 5 nitrogen and oxygen atoms in total. The molecule has 2 aromatic rings. The first-order valence-electron chi connectivity index (χ1n) is 7.81. The van der Waals surface area contributed by atoms with E-state index in [4.69, 9.17) is 27.9 Å². The molecule has 0 aliphatic carbocycles. The number of hydrogen-bond acceptors (Lipinski definition) is 4. The lowest BCUT2D eigenvalue weighted by Gasteiger charge is -2.27. The van der Waals surface area contributed by atoms with Crippen LogP contribution in [0.15, 0.2) is 58.4 Å². The first kappa shape index (κ1) is 20.2. The van der Waals surface area contributed by atoms with Crippen LogP contribution in [0.4, 0.5) is 5.69 Å². The maximum atomic E-state index is 12.9. The van der Waals surface area contributed by atoms with Crippen molar-refractivity contribution in [3.05, 3.63) is 68.5 Å². The lowest BCUT2D eigenvalue weighted by atomic mass is 10.2. The summed E-state index contributed by atoms with van der Waals surface area (Å²) in [6.45, 7) is -0.304. The van der Waals surface area contributed by atoms with Gasteiger partial charge in [0.05, 0.1) is 16.8 Å². The van der Waals surface area contributed by atoms with Crippen LogP contribution in [0.25, 0.3) is 0 Å². The Kier molecular flexibility index (Phi) is 6.15. The summed E-state index contributed by atoms with van der Waals surface area (Å²) in [5.74, 6) is -0.244. The number of sulfone groups is 1. The van der Waals surface area contributed by atoms with Crippen molar-refractivity contribution in [2.24, 2.45) is 0 Å². The molecule has 0 saturated heterocycles. The normalized spacial score (nSPS) is 17.7. The quantitative estimate of drug-likeness (QED) is 0.619. The van der Waals surface area contributed by atoms with Crippen LogP contribution in [0.2, 0.25) is 10.0 Å². The highest BCUT2D eigenvalue weighted by molar-refractivity contribution is 9.10. The van der Waals surface area contributed by atoms with Crippen molar-refractivity contribution in [1.29, 1.82) is 0 Å². The molecule has 0 radical (unpaired) electrons. The zero-order valence-electron chi connectivity index (χ0n) is 13.8. The molecule has 0 aromatic heterocycles. The molecule has 1 heterocycles. The van der Waals surface area contributed by atoms with Gasteiger partial charge in [0, 0.05) is 20.6 Å². The predicted molar refractivity (Wildman–Crippen MR) is 110 cm³/mol. The molecule has 27 heavy (non-hydrogen) atoms. The topological polar surface area (TPSA) is 63.7 Å². The van der Waals surface area contributed by atoms with Crippen LogP contribution in [0.3, 0.4) is 0 Å². The fourth-order valence-corrected chi connectivity index (χ4v) is 4.64. The number of rotatable bonds is 5. The third-order valence-corrected chi connectivity index (χ3v) is 6.30. The Balaban J connectivity index is 1.82. The Bertz CT molecular complexity index is 993. The number of anilines is 1. The van der Waals surface area contributed by atoms with E-state index in [-0.39, 0.29) is 17.4 Å². The monoisotopic (exact) mass is 489 g/mol. The van der Waals surface area contributed by atoms with Crippen molar-refractivity contribution in [3.63, 3.8) is 0 Å². The summed E-state index contributed by atoms with van der Waals surface area (Å²) in [7, 11) is -3.33. The minimum absolute atomic E-state index is 0.170. The standard InChI is InChI=1S/C18H14BrCl2NO4S/c19-12-1-4-14(5-2-12)22(15-7-8-27(24,25)11-15)18(23)10-26-17-6-3-13(20)9-16(17)21/h1-9,15H,10-11H2. The Morgan fingerprint density at radius 2 is 1.89 bits per heavy atom. The van der Waals surface area contributed by atoms with E-state index < -0.39 is 21.8 Å². The molecular formula is C18H14BrCl2NO4S. The first-order valence-corrected chi connectivity index (χ1v) is 11.1. The van der Waals surface area contributed by atoms with Gasteiger partial charge < -0.3 is 9.64 Å². The molecule has 1 aliphatic heterocycles. The summed E-state index contributed by atoms with van der Waals surface area (Å²) in [6, 6.07) is 11.1. The van der Waals surface area contributed by atoms with Gasteiger partial charge >= 0.3 is 0 Å². The van der Waals surface area contributed by atoms with E-state index >= 15 is 0 Å². The van der Waals surface area contributed by atoms with Crippen molar-refractivity contribution in [2.75, 3.05) is 17.3 Å². The molecule has 0 saturated carbocycles. The number of nitrogens with zero attached hydrogens (tertiary/aromatic N) is 1. The molecule has 0 N–H and O–H groups in total. The molecule has 0 fully saturated rings. The smallest absolute Gasteiger partial charge is 0.265 e. The second kappa shape index (κ2) is 8.22. The number of benzene rings is 2. The van der Waals surface area contributed by atoms with E-state index in [0.717, 1.165) is 9.88 Å². The number of hydrogen-bond donors (Lipinski definition) is 0.